The molecule has 7 nitrogen and oxygen atoms in total. The van der Waals surface area contributed by atoms with E-state index in [-0.39, 0.29) is 17.6 Å². The number of aromatic nitrogens is 2. The molecule has 0 aliphatic carbocycles. The van der Waals surface area contributed by atoms with Crippen molar-refractivity contribution in [1.82, 2.24) is 20.4 Å². The first-order valence-electron chi connectivity index (χ1n) is 11.7. The number of azo groups is 1. The Labute approximate surface area is 195 Å². The van der Waals surface area contributed by atoms with Crippen molar-refractivity contribution in [2.45, 2.75) is 70.5 Å². The predicted octanol–water partition coefficient (Wildman–Crippen LogP) is 4.69. The van der Waals surface area contributed by atoms with Crippen molar-refractivity contribution < 1.29 is 4.79 Å². The van der Waals surface area contributed by atoms with Crippen LogP contribution >= 0.6 is 0 Å². The van der Waals surface area contributed by atoms with E-state index in [0.717, 1.165) is 52.2 Å². The summed E-state index contributed by atoms with van der Waals surface area (Å²) >= 11 is 0. The van der Waals surface area contributed by atoms with Gasteiger partial charge in [-0.15, -0.1) is 0 Å². The number of nitrogens with zero attached hydrogens (tertiary/aromatic N) is 4. The number of hydrogen-bond acceptors (Lipinski definition) is 5. The molecule has 1 unspecified atom stereocenters. The van der Waals surface area contributed by atoms with Gasteiger partial charge in [-0.25, -0.2) is 0 Å². The lowest BCUT2D eigenvalue weighted by atomic mass is 9.62. The molecule has 0 bridgehead atoms. The molecule has 3 aliphatic heterocycles. The minimum absolute atomic E-state index is 0.0186. The fraction of sp³-hybridized carbons (Fsp3) is 0.462. The highest BCUT2D eigenvalue weighted by Crippen LogP contribution is 2.51. The molecule has 7 heteroatoms. The lowest BCUT2D eigenvalue weighted by Gasteiger charge is -2.48. The minimum Gasteiger partial charge on any atom is -0.362 e. The summed E-state index contributed by atoms with van der Waals surface area (Å²) in [6.07, 6.45) is 3.07. The molecule has 4 heterocycles. The first-order valence-corrected chi connectivity index (χ1v) is 11.7. The van der Waals surface area contributed by atoms with Gasteiger partial charge in [-0.3, -0.25) is 9.48 Å². The Balaban J connectivity index is 1.71. The molecule has 0 fully saturated rings. The summed E-state index contributed by atoms with van der Waals surface area (Å²) in [5.74, 6) is 0.337. The molecule has 0 spiro atoms. The van der Waals surface area contributed by atoms with Crippen molar-refractivity contribution in [1.29, 1.82) is 0 Å². The highest BCUT2D eigenvalue weighted by Gasteiger charge is 2.53. The van der Waals surface area contributed by atoms with Gasteiger partial charge in [-0.05, 0) is 43.9 Å². The van der Waals surface area contributed by atoms with Gasteiger partial charge in [0.15, 0.2) is 6.17 Å². The molecular weight excluding hydrogens is 412 g/mol. The number of amides is 1. The normalized spacial score (nSPS) is 25.5. The van der Waals surface area contributed by atoms with Crippen molar-refractivity contribution in [3.05, 3.63) is 64.6 Å². The van der Waals surface area contributed by atoms with E-state index in [0.29, 0.717) is 5.92 Å². The van der Waals surface area contributed by atoms with E-state index in [2.05, 4.69) is 85.8 Å². The second kappa shape index (κ2) is 7.40. The van der Waals surface area contributed by atoms with Crippen molar-refractivity contribution >= 4 is 5.91 Å². The maximum Gasteiger partial charge on any atom is 0.250 e. The molecule has 172 valence electrons. The number of benzene rings is 1. The molecule has 33 heavy (non-hydrogen) atoms. The number of rotatable bonds is 4. The third kappa shape index (κ3) is 3.24. The van der Waals surface area contributed by atoms with Gasteiger partial charge >= 0.3 is 0 Å². The maximum absolute atomic E-state index is 13.6. The van der Waals surface area contributed by atoms with Gasteiger partial charge in [-0.2, -0.15) is 15.3 Å². The minimum atomic E-state index is -0.592. The average molecular weight is 445 g/mol. The fourth-order valence-corrected chi connectivity index (χ4v) is 5.59. The molecule has 2 aromatic rings. The summed E-state index contributed by atoms with van der Waals surface area (Å²) in [6.45, 7) is 10.6. The summed E-state index contributed by atoms with van der Waals surface area (Å²) in [7, 11) is 1.98. The Morgan fingerprint density at radius 1 is 1.24 bits per heavy atom. The van der Waals surface area contributed by atoms with Gasteiger partial charge in [-0.1, -0.05) is 39.0 Å². The van der Waals surface area contributed by atoms with Crippen LogP contribution in [-0.4, -0.2) is 27.4 Å². The third-order valence-electron chi connectivity index (χ3n) is 7.18. The Hall–Kier alpha value is -3.22. The highest BCUT2D eigenvalue weighted by atomic mass is 16.2. The molecule has 1 amide bonds. The molecule has 3 aliphatic rings. The third-order valence-corrected chi connectivity index (χ3v) is 7.18. The molecule has 0 saturated heterocycles. The Kier molecular flexibility index (Phi) is 4.85. The van der Waals surface area contributed by atoms with E-state index in [9.17, 15) is 4.79 Å². The van der Waals surface area contributed by atoms with Crippen molar-refractivity contribution in [2.75, 3.05) is 0 Å². The van der Waals surface area contributed by atoms with Crippen LogP contribution in [0.2, 0.25) is 0 Å². The molecular formula is C26H32N6O. The van der Waals surface area contributed by atoms with Crippen molar-refractivity contribution in [3.8, 4) is 11.3 Å². The summed E-state index contributed by atoms with van der Waals surface area (Å²) in [5, 5.41) is 20.1. The van der Waals surface area contributed by atoms with Gasteiger partial charge in [0, 0.05) is 35.8 Å². The van der Waals surface area contributed by atoms with Crippen LogP contribution in [0.1, 0.15) is 64.6 Å². The van der Waals surface area contributed by atoms with Crippen LogP contribution in [0.4, 0.5) is 0 Å². The van der Waals surface area contributed by atoms with Gasteiger partial charge in [0.1, 0.15) is 0 Å². The number of carbonyl (C=O) groups excluding carboxylic acids is 1. The average Bonchev–Trinajstić information content (AvgIpc) is 3.38. The molecule has 1 aromatic carbocycles. The van der Waals surface area contributed by atoms with Crippen LogP contribution < -0.4 is 10.6 Å². The zero-order valence-corrected chi connectivity index (χ0v) is 20.2. The van der Waals surface area contributed by atoms with Crippen LogP contribution in [0.25, 0.3) is 11.3 Å². The van der Waals surface area contributed by atoms with Crippen molar-refractivity contribution in [3.63, 3.8) is 0 Å². The van der Waals surface area contributed by atoms with E-state index in [4.69, 9.17) is 5.10 Å². The number of fused-ring (bicyclic) bond motifs is 1. The Morgan fingerprint density at radius 2 is 2.03 bits per heavy atom. The van der Waals surface area contributed by atoms with E-state index in [1.807, 2.05) is 17.9 Å². The van der Waals surface area contributed by atoms with Crippen LogP contribution in [0.3, 0.4) is 0 Å². The van der Waals surface area contributed by atoms with Gasteiger partial charge in [0.2, 0.25) is 0 Å². The number of carbonyl (C=O) groups is 1. The van der Waals surface area contributed by atoms with Crippen LogP contribution in [0.15, 0.2) is 63.6 Å². The summed E-state index contributed by atoms with van der Waals surface area (Å²) in [6, 6.07) is 10.7. The molecule has 5 rings (SSSR count). The quantitative estimate of drug-likeness (QED) is 0.718. The van der Waals surface area contributed by atoms with E-state index < -0.39 is 5.41 Å². The molecule has 1 aromatic heterocycles. The van der Waals surface area contributed by atoms with Gasteiger partial charge < -0.3 is 10.6 Å². The van der Waals surface area contributed by atoms with Crippen LogP contribution in [-0.2, 0) is 17.3 Å². The second-order valence-corrected chi connectivity index (χ2v) is 10.3. The topological polar surface area (TPSA) is 83.7 Å². The van der Waals surface area contributed by atoms with Crippen LogP contribution in [0.5, 0.6) is 0 Å². The molecule has 0 radical (unpaired) electrons. The summed E-state index contributed by atoms with van der Waals surface area (Å²) in [5.41, 5.74) is 6.20. The molecule has 2 atom stereocenters. The maximum atomic E-state index is 13.6. The van der Waals surface area contributed by atoms with Crippen LogP contribution in [0, 0.1) is 0 Å². The highest BCUT2D eigenvalue weighted by molar-refractivity contribution is 6.00. The zero-order valence-electron chi connectivity index (χ0n) is 20.2. The number of aryl methyl sites for hydroxylation is 1. The summed E-state index contributed by atoms with van der Waals surface area (Å²) in [4.78, 5) is 13.6. The Morgan fingerprint density at radius 3 is 2.73 bits per heavy atom. The SMILES string of the molecule is CC[C@@]1(c2cccc(-c3cc(C(C)C)nn3C)c2)C2=CN=NC2NC2=C1C(=O)NC(C)(C)C2. The standard InChI is InChI=1S/C26H32N6O/c1-7-26(17-10-8-9-16(11-17)21-12-19(15(2)3)31-32(21)6)18-14-27-30-23(18)28-20-13-25(4,5)29-24(33)22(20)26/h8-12,14-15,23,28H,7,13H2,1-6H3,(H,29,33)/t23?,26-/m1/s1. The van der Waals surface area contributed by atoms with Gasteiger partial charge in [0.05, 0.1) is 28.6 Å². The first kappa shape index (κ1) is 21.6. The first-order chi connectivity index (χ1) is 15.7. The van der Waals surface area contributed by atoms with Gasteiger partial charge in [0.25, 0.3) is 5.91 Å². The Bertz CT molecular complexity index is 1230. The van der Waals surface area contributed by atoms with Crippen molar-refractivity contribution in [2.24, 2.45) is 17.3 Å². The lowest BCUT2D eigenvalue weighted by Crippen LogP contribution is -2.58. The second-order valence-electron chi connectivity index (χ2n) is 10.3. The van der Waals surface area contributed by atoms with E-state index in [1.54, 1.807) is 0 Å². The van der Waals surface area contributed by atoms with E-state index >= 15 is 0 Å². The predicted molar refractivity (Wildman–Crippen MR) is 128 cm³/mol. The molecule has 2 N–H and O–H groups in total. The smallest absolute Gasteiger partial charge is 0.250 e. The summed E-state index contributed by atoms with van der Waals surface area (Å²) < 4.78 is 1.94. The lowest BCUT2D eigenvalue weighted by molar-refractivity contribution is -0.120. The fourth-order valence-electron chi connectivity index (χ4n) is 5.59. The van der Waals surface area contributed by atoms with E-state index in [1.165, 1.54) is 0 Å². The number of hydrogen-bond donors (Lipinski definition) is 2. The number of nitrogens with one attached hydrogen (secondary N) is 2. The molecule has 0 saturated carbocycles. The monoisotopic (exact) mass is 444 g/mol. The zero-order chi connectivity index (χ0) is 23.5. The largest absolute Gasteiger partial charge is 0.362 e.